The highest BCUT2D eigenvalue weighted by Gasteiger charge is 2.22. The number of amides is 2. The molecule has 2 aromatic carbocycles. The molecule has 1 heterocycles. The first kappa shape index (κ1) is 18.8. The highest BCUT2D eigenvalue weighted by atomic mass is 32.2. The van der Waals surface area contributed by atoms with Gasteiger partial charge < -0.3 is 15.0 Å². The van der Waals surface area contributed by atoms with Crippen LogP contribution < -0.4 is 5.32 Å². The lowest BCUT2D eigenvalue weighted by atomic mass is 10.1. The Hall–Kier alpha value is -1.98. The smallest absolute Gasteiger partial charge is 0.321 e. The van der Waals surface area contributed by atoms with Gasteiger partial charge in [-0.15, -0.1) is 11.8 Å². The van der Waals surface area contributed by atoms with Crippen molar-refractivity contribution in [3.8, 4) is 0 Å². The van der Waals surface area contributed by atoms with E-state index in [1.165, 1.54) is 11.1 Å². The van der Waals surface area contributed by atoms with Crippen LogP contribution in [0, 0.1) is 6.92 Å². The van der Waals surface area contributed by atoms with E-state index in [2.05, 4.69) is 42.6 Å². The first-order chi connectivity index (χ1) is 12.6. The topological polar surface area (TPSA) is 41.6 Å². The Kier molecular flexibility index (Phi) is 6.58. The number of ether oxygens (including phenoxy) is 1. The Balaban J connectivity index is 1.62. The third-order valence-electron chi connectivity index (χ3n) is 4.70. The van der Waals surface area contributed by atoms with Gasteiger partial charge in [-0.3, -0.25) is 0 Å². The summed E-state index contributed by atoms with van der Waals surface area (Å²) in [5.41, 5.74) is 3.41. The van der Waals surface area contributed by atoms with Crippen LogP contribution in [0.3, 0.4) is 0 Å². The summed E-state index contributed by atoms with van der Waals surface area (Å²) in [6, 6.07) is 16.8. The van der Waals surface area contributed by atoms with E-state index in [1.807, 2.05) is 30.1 Å². The first-order valence-electron chi connectivity index (χ1n) is 9.02. The highest BCUT2D eigenvalue weighted by molar-refractivity contribution is 7.98. The van der Waals surface area contributed by atoms with E-state index in [0.717, 1.165) is 42.4 Å². The lowest BCUT2D eigenvalue weighted by Crippen LogP contribution is -2.42. The van der Waals surface area contributed by atoms with E-state index in [0.29, 0.717) is 0 Å². The molecule has 0 atom stereocenters. The molecule has 0 aromatic heterocycles. The van der Waals surface area contributed by atoms with E-state index < -0.39 is 0 Å². The normalized spacial score (nSPS) is 14.8. The Labute approximate surface area is 159 Å². The predicted molar refractivity (Wildman–Crippen MR) is 108 cm³/mol. The number of thioether (sulfide) groups is 1. The number of nitrogens with one attached hydrogen (secondary N) is 1. The monoisotopic (exact) mass is 370 g/mol. The Morgan fingerprint density at radius 3 is 2.58 bits per heavy atom. The average molecular weight is 371 g/mol. The number of anilines is 1. The van der Waals surface area contributed by atoms with Crippen molar-refractivity contribution in [3.05, 3.63) is 59.7 Å². The number of carbonyl (C=O) groups excluding carboxylic acids is 1. The summed E-state index contributed by atoms with van der Waals surface area (Å²) in [6.45, 7) is 3.55. The molecule has 5 heteroatoms. The summed E-state index contributed by atoms with van der Waals surface area (Å²) in [4.78, 5) is 15.5. The van der Waals surface area contributed by atoms with Gasteiger partial charge in [0.1, 0.15) is 0 Å². The molecular weight excluding hydrogens is 344 g/mol. The van der Waals surface area contributed by atoms with Gasteiger partial charge in [-0.05, 0) is 37.5 Å². The van der Waals surface area contributed by atoms with E-state index in [-0.39, 0.29) is 12.1 Å². The lowest BCUT2D eigenvalue weighted by Gasteiger charge is -2.31. The van der Waals surface area contributed by atoms with Gasteiger partial charge in [-0.1, -0.05) is 42.0 Å². The average Bonchev–Trinajstić information content (AvgIpc) is 2.68. The van der Waals surface area contributed by atoms with Gasteiger partial charge in [0.2, 0.25) is 0 Å². The number of urea groups is 1. The standard InChI is InChI=1S/C21H26N2O2S/c1-16-7-9-17(10-8-16)15-26-20-6-4-3-5-19(20)22-21(24)23(2)18-11-13-25-14-12-18/h3-10,18H,11-15H2,1-2H3,(H,22,24). The molecule has 2 amide bonds. The van der Waals surface area contributed by atoms with Crippen LogP contribution in [0.2, 0.25) is 0 Å². The Morgan fingerprint density at radius 1 is 1.15 bits per heavy atom. The summed E-state index contributed by atoms with van der Waals surface area (Å²) >= 11 is 1.74. The maximum atomic E-state index is 12.6. The third-order valence-corrected chi connectivity index (χ3v) is 5.85. The molecule has 1 fully saturated rings. The van der Waals surface area contributed by atoms with Crippen LogP contribution in [-0.4, -0.2) is 37.2 Å². The molecule has 0 spiro atoms. The molecule has 26 heavy (non-hydrogen) atoms. The van der Waals surface area contributed by atoms with Crippen molar-refractivity contribution in [1.82, 2.24) is 4.90 Å². The zero-order chi connectivity index (χ0) is 18.4. The van der Waals surface area contributed by atoms with Crippen LogP contribution in [0.5, 0.6) is 0 Å². The molecule has 1 N–H and O–H groups in total. The fourth-order valence-electron chi connectivity index (χ4n) is 2.98. The van der Waals surface area contributed by atoms with Crippen LogP contribution in [0.25, 0.3) is 0 Å². The Bertz CT molecular complexity index is 727. The largest absolute Gasteiger partial charge is 0.381 e. The number of para-hydroxylation sites is 1. The van der Waals surface area contributed by atoms with Gasteiger partial charge in [0, 0.05) is 37.0 Å². The maximum absolute atomic E-state index is 12.6. The highest BCUT2D eigenvalue weighted by Crippen LogP contribution is 2.30. The minimum Gasteiger partial charge on any atom is -0.381 e. The van der Waals surface area contributed by atoms with Crippen LogP contribution in [0.15, 0.2) is 53.4 Å². The second-order valence-corrected chi connectivity index (χ2v) is 7.67. The molecule has 4 nitrogen and oxygen atoms in total. The molecule has 0 unspecified atom stereocenters. The number of aryl methyl sites for hydroxylation is 1. The number of rotatable bonds is 5. The lowest BCUT2D eigenvalue weighted by molar-refractivity contribution is 0.0544. The molecular formula is C21H26N2O2S. The van der Waals surface area contributed by atoms with Crippen LogP contribution in [-0.2, 0) is 10.5 Å². The van der Waals surface area contributed by atoms with Crippen molar-refractivity contribution in [2.45, 2.75) is 36.5 Å². The number of nitrogens with zero attached hydrogens (tertiary/aromatic N) is 1. The molecule has 1 aliphatic heterocycles. The van der Waals surface area contributed by atoms with Crippen molar-refractivity contribution >= 4 is 23.5 Å². The van der Waals surface area contributed by atoms with E-state index in [4.69, 9.17) is 4.74 Å². The summed E-state index contributed by atoms with van der Waals surface area (Å²) in [5, 5.41) is 3.08. The zero-order valence-corrected chi connectivity index (χ0v) is 16.2. The van der Waals surface area contributed by atoms with Crippen LogP contribution in [0.4, 0.5) is 10.5 Å². The van der Waals surface area contributed by atoms with Crippen molar-refractivity contribution < 1.29 is 9.53 Å². The molecule has 0 saturated carbocycles. The molecule has 0 radical (unpaired) electrons. The van der Waals surface area contributed by atoms with Crippen LogP contribution >= 0.6 is 11.8 Å². The van der Waals surface area contributed by atoms with Crippen molar-refractivity contribution in [1.29, 1.82) is 0 Å². The van der Waals surface area contributed by atoms with E-state index >= 15 is 0 Å². The molecule has 0 aliphatic carbocycles. The van der Waals surface area contributed by atoms with Crippen molar-refractivity contribution in [3.63, 3.8) is 0 Å². The minimum atomic E-state index is -0.0553. The van der Waals surface area contributed by atoms with Gasteiger partial charge >= 0.3 is 6.03 Å². The zero-order valence-electron chi connectivity index (χ0n) is 15.4. The number of hydrogen-bond donors (Lipinski definition) is 1. The fourth-order valence-corrected chi connectivity index (χ4v) is 3.95. The molecule has 138 valence electrons. The summed E-state index contributed by atoms with van der Waals surface area (Å²) in [7, 11) is 1.87. The second-order valence-electron chi connectivity index (χ2n) is 6.66. The molecule has 1 aliphatic rings. The first-order valence-corrected chi connectivity index (χ1v) is 10.0. The van der Waals surface area contributed by atoms with Gasteiger partial charge in [0.25, 0.3) is 0 Å². The molecule has 3 rings (SSSR count). The number of benzene rings is 2. The predicted octanol–water partition coefficient (Wildman–Crippen LogP) is 4.93. The minimum absolute atomic E-state index is 0.0553. The van der Waals surface area contributed by atoms with Gasteiger partial charge in [-0.25, -0.2) is 4.79 Å². The van der Waals surface area contributed by atoms with Crippen molar-refractivity contribution in [2.24, 2.45) is 0 Å². The summed E-state index contributed by atoms with van der Waals surface area (Å²) in [6.07, 6.45) is 1.79. The summed E-state index contributed by atoms with van der Waals surface area (Å²) in [5.74, 6) is 0.878. The van der Waals surface area contributed by atoms with Crippen LogP contribution in [0.1, 0.15) is 24.0 Å². The summed E-state index contributed by atoms with van der Waals surface area (Å²) < 4.78 is 5.39. The Morgan fingerprint density at radius 2 is 1.85 bits per heavy atom. The second kappa shape index (κ2) is 9.10. The third kappa shape index (κ3) is 5.02. The molecule has 2 aromatic rings. The van der Waals surface area contributed by atoms with E-state index in [1.54, 1.807) is 11.8 Å². The SMILES string of the molecule is Cc1ccc(CSc2ccccc2NC(=O)N(C)C2CCOCC2)cc1. The van der Waals surface area contributed by atoms with Gasteiger partial charge in [0.15, 0.2) is 0 Å². The van der Waals surface area contributed by atoms with E-state index in [9.17, 15) is 4.79 Å². The van der Waals surface area contributed by atoms with Gasteiger partial charge in [-0.2, -0.15) is 0 Å². The molecule has 0 bridgehead atoms. The number of carbonyl (C=O) groups is 1. The van der Waals surface area contributed by atoms with Gasteiger partial charge in [0.05, 0.1) is 5.69 Å². The molecule has 1 saturated heterocycles. The maximum Gasteiger partial charge on any atom is 0.321 e. The van der Waals surface area contributed by atoms with Crippen molar-refractivity contribution in [2.75, 3.05) is 25.6 Å². The quantitative estimate of drug-likeness (QED) is 0.759. The fraction of sp³-hybridized carbons (Fsp3) is 0.381. The number of hydrogen-bond acceptors (Lipinski definition) is 3.